The Labute approximate surface area is 176 Å². The first kappa shape index (κ1) is 19.9. The van der Waals surface area contributed by atoms with Gasteiger partial charge in [-0.25, -0.2) is 18.7 Å². The maximum absolute atomic E-state index is 13.7. The maximum Gasteiger partial charge on any atom is 0.270 e. The molecule has 4 rings (SSSR count). The largest absolute Gasteiger partial charge is 0.322 e. The molecule has 1 N–H and O–H groups in total. The first-order valence-corrected chi connectivity index (χ1v) is 9.50. The quantitative estimate of drug-likeness (QED) is 0.391. The standard InChI is InChI=1S/C23H16ClF2N3O/c1-23(25,26)16-6-2-5-15(12-16)19-9-8-14-4-3-7-18(21(14)29-19)22(30)28-17-10-11-27-20(24)13-17/h2-13H,1H3,(H,27,28,30). The first-order valence-electron chi connectivity index (χ1n) is 9.13. The number of rotatable bonds is 4. The van der Waals surface area contributed by atoms with Gasteiger partial charge in [-0.3, -0.25) is 4.79 Å². The predicted octanol–water partition coefficient (Wildman–Crippen LogP) is 6.31. The zero-order valence-corrected chi connectivity index (χ0v) is 16.6. The highest BCUT2D eigenvalue weighted by molar-refractivity contribution is 6.29. The average molecular weight is 424 g/mol. The molecule has 0 atom stereocenters. The topological polar surface area (TPSA) is 54.9 Å². The minimum Gasteiger partial charge on any atom is -0.322 e. The Kier molecular flexibility index (Phi) is 5.18. The number of nitrogens with zero attached hydrogens (tertiary/aromatic N) is 2. The molecule has 4 aromatic rings. The molecule has 0 unspecified atom stereocenters. The van der Waals surface area contributed by atoms with Crippen LogP contribution in [0.25, 0.3) is 22.2 Å². The number of fused-ring (bicyclic) bond motifs is 1. The van der Waals surface area contributed by atoms with Crippen LogP contribution in [-0.4, -0.2) is 15.9 Å². The Balaban J connectivity index is 1.75. The number of hydrogen-bond donors (Lipinski definition) is 1. The van der Waals surface area contributed by atoms with Crippen LogP contribution < -0.4 is 5.32 Å². The highest BCUT2D eigenvalue weighted by atomic mass is 35.5. The smallest absolute Gasteiger partial charge is 0.270 e. The normalized spacial score (nSPS) is 11.5. The van der Waals surface area contributed by atoms with Gasteiger partial charge in [0.05, 0.1) is 16.8 Å². The lowest BCUT2D eigenvalue weighted by atomic mass is 10.0. The predicted molar refractivity (Wildman–Crippen MR) is 114 cm³/mol. The van der Waals surface area contributed by atoms with Crippen molar-refractivity contribution in [3.63, 3.8) is 0 Å². The van der Waals surface area contributed by atoms with Crippen molar-refractivity contribution in [2.45, 2.75) is 12.8 Å². The third kappa shape index (κ3) is 4.14. The van der Waals surface area contributed by atoms with Crippen LogP contribution in [-0.2, 0) is 5.92 Å². The molecule has 0 aliphatic heterocycles. The maximum atomic E-state index is 13.7. The lowest BCUT2D eigenvalue weighted by Crippen LogP contribution is -2.13. The molecule has 7 heteroatoms. The number of alkyl halides is 2. The fraction of sp³-hybridized carbons (Fsp3) is 0.0870. The highest BCUT2D eigenvalue weighted by Crippen LogP contribution is 2.31. The number of anilines is 1. The van der Waals surface area contributed by atoms with Gasteiger partial charge >= 0.3 is 0 Å². The molecule has 30 heavy (non-hydrogen) atoms. The van der Waals surface area contributed by atoms with Crippen LogP contribution in [0.2, 0.25) is 5.15 Å². The highest BCUT2D eigenvalue weighted by Gasteiger charge is 2.24. The van der Waals surface area contributed by atoms with Crippen LogP contribution >= 0.6 is 11.6 Å². The number of carbonyl (C=O) groups is 1. The van der Waals surface area contributed by atoms with E-state index in [4.69, 9.17) is 11.6 Å². The summed E-state index contributed by atoms with van der Waals surface area (Å²) in [6, 6.07) is 18.1. The number of carbonyl (C=O) groups excluding carboxylic acids is 1. The van der Waals surface area contributed by atoms with Crippen molar-refractivity contribution in [3.8, 4) is 11.3 Å². The van der Waals surface area contributed by atoms with Gasteiger partial charge in [0.1, 0.15) is 5.15 Å². The lowest BCUT2D eigenvalue weighted by molar-refractivity contribution is 0.0175. The molecule has 2 aromatic heterocycles. The molecule has 150 valence electrons. The van der Waals surface area contributed by atoms with E-state index in [0.717, 1.165) is 12.3 Å². The van der Waals surface area contributed by atoms with Crippen molar-refractivity contribution in [1.29, 1.82) is 0 Å². The number of amides is 1. The molecular formula is C23H16ClF2N3O. The Morgan fingerprint density at radius 1 is 1.03 bits per heavy atom. The van der Waals surface area contributed by atoms with E-state index in [2.05, 4.69) is 15.3 Å². The number of aromatic nitrogens is 2. The van der Waals surface area contributed by atoms with E-state index >= 15 is 0 Å². The van der Waals surface area contributed by atoms with Crippen LogP contribution in [0.4, 0.5) is 14.5 Å². The lowest BCUT2D eigenvalue weighted by Gasteiger charge is -2.13. The number of halogens is 3. The van der Waals surface area contributed by atoms with Crippen molar-refractivity contribution in [1.82, 2.24) is 9.97 Å². The molecule has 0 radical (unpaired) electrons. The second-order valence-electron chi connectivity index (χ2n) is 6.86. The number of pyridine rings is 2. The fourth-order valence-electron chi connectivity index (χ4n) is 3.12. The summed E-state index contributed by atoms with van der Waals surface area (Å²) in [5.41, 5.74) is 2.29. The SMILES string of the molecule is CC(F)(F)c1cccc(-c2ccc3cccc(C(=O)Nc4ccnc(Cl)c4)c3n2)c1. The summed E-state index contributed by atoms with van der Waals surface area (Å²) in [4.78, 5) is 21.4. The third-order valence-corrected chi connectivity index (χ3v) is 4.82. The first-order chi connectivity index (χ1) is 14.3. The second-order valence-corrected chi connectivity index (χ2v) is 7.25. The number of nitrogens with one attached hydrogen (secondary N) is 1. The molecule has 0 saturated carbocycles. The van der Waals surface area contributed by atoms with Gasteiger partial charge in [0.15, 0.2) is 0 Å². The van der Waals surface area contributed by atoms with Crippen LogP contribution in [0.1, 0.15) is 22.8 Å². The van der Waals surface area contributed by atoms with Gasteiger partial charge in [-0.1, -0.05) is 48.0 Å². The molecule has 0 saturated heterocycles. The van der Waals surface area contributed by atoms with E-state index in [1.54, 1.807) is 42.5 Å². The Morgan fingerprint density at radius 2 is 1.83 bits per heavy atom. The van der Waals surface area contributed by atoms with Crippen LogP contribution in [0.15, 0.2) is 72.9 Å². The molecule has 0 spiro atoms. The van der Waals surface area contributed by atoms with E-state index in [0.29, 0.717) is 28.0 Å². The molecule has 0 aliphatic carbocycles. The van der Waals surface area contributed by atoms with Crippen molar-refractivity contribution in [3.05, 3.63) is 89.2 Å². The fourth-order valence-corrected chi connectivity index (χ4v) is 3.30. The molecule has 1 amide bonds. The molecule has 2 heterocycles. The van der Waals surface area contributed by atoms with Crippen molar-refractivity contribution in [2.75, 3.05) is 5.32 Å². The van der Waals surface area contributed by atoms with Crippen molar-refractivity contribution in [2.24, 2.45) is 0 Å². The van der Waals surface area contributed by atoms with Gasteiger partial charge in [-0.05, 0) is 30.3 Å². The monoisotopic (exact) mass is 423 g/mol. The number of para-hydroxylation sites is 1. The molecule has 0 bridgehead atoms. The molecular weight excluding hydrogens is 408 g/mol. The van der Waals surface area contributed by atoms with Crippen LogP contribution in [0, 0.1) is 0 Å². The molecule has 2 aromatic carbocycles. The summed E-state index contributed by atoms with van der Waals surface area (Å²) in [5.74, 6) is -3.31. The van der Waals surface area contributed by atoms with Gasteiger partial charge < -0.3 is 5.32 Å². The van der Waals surface area contributed by atoms with Gasteiger partial charge in [0.25, 0.3) is 11.8 Å². The molecule has 0 aliphatic rings. The summed E-state index contributed by atoms with van der Waals surface area (Å²) in [5, 5.41) is 3.80. The van der Waals surface area contributed by atoms with Crippen molar-refractivity contribution >= 4 is 34.1 Å². The van der Waals surface area contributed by atoms with Crippen LogP contribution in [0.5, 0.6) is 0 Å². The van der Waals surface area contributed by atoms with Gasteiger partial charge in [-0.2, -0.15) is 0 Å². The molecule has 0 fully saturated rings. The summed E-state index contributed by atoms with van der Waals surface area (Å²) >= 11 is 5.87. The number of benzene rings is 2. The Bertz CT molecular complexity index is 1250. The number of hydrogen-bond acceptors (Lipinski definition) is 3. The van der Waals surface area contributed by atoms with Crippen LogP contribution in [0.3, 0.4) is 0 Å². The van der Waals surface area contributed by atoms with E-state index in [1.165, 1.54) is 18.3 Å². The van der Waals surface area contributed by atoms with E-state index < -0.39 is 5.92 Å². The van der Waals surface area contributed by atoms with E-state index in [9.17, 15) is 13.6 Å². The zero-order chi connectivity index (χ0) is 21.3. The summed E-state index contributed by atoms with van der Waals surface area (Å²) in [6.07, 6.45) is 1.49. The Morgan fingerprint density at radius 3 is 2.60 bits per heavy atom. The van der Waals surface area contributed by atoms with Gasteiger partial charge in [-0.15, -0.1) is 0 Å². The summed E-state index contributed by atoms with van der Waals surface area (Å²) in [7, 11) is 0. The second kappa shape index (κ2) is 7.80. The third-order valence-electron chi connectivity index (χ3n) is 4.61. The minimum absolute atomic E-state index is 0.0949. The summed E-state index contributed by atoms with van der Waals surface area (Å²) in [6.45, 7) is 0.855. The van der Waals surface area contributed by atoms with Gasteiger partial charge in [0.2, 0.25) is 0 Å². The Hall–Kier alpha value is -3.38. The summed E-state index contributed by atoms with van der Waals surface area (Å²) < 4.78 is 27.4. The van der Waals surface area contributed by atoms with E-state index in [1.807, 2.05) is 12.1 Å². The van der Waals surface area contributed by atoms with Gasteiger partial charge in [0, 0.05) is 35.3 Å². The average Bonchev–Trinajstić information content (AvgIpc) is 2.72. The van der Waals surface area contributed by atoms with Crippen molar-refractivity contribution < 1.29 is 13.6 Å². The van der Waals surface area contributed by atoms with E-state index in [-0.39, 0.29) is 16.6 Å². The zero-order valence-electron chi connectivity index (χ0n) is 15.9. The minimum atomic E-state index is -2.95. The molecule has 4 nitrogen and oxygen atoms in total.